The van der Waals surface area contributed by atoms with Gasteiger partial charge in [-0.05, 0) is 18.8 Å². The van der Waals surface area contributed by atoms with Crippen LogP contribution in [0.5, 0.6) is 0 Å². The Kier molecular flexibility index (Phi) is 1.86. The van der Waals surface area contributed by atoms with Gasteiger partial charge in [-0.3, -0.25) is 5.84 Å². The summed E-state index contributed by atoms with van der Waals surface area (Å²) in [6.07, 6.45) is 2.79. The molecule has 0 amide bonds. The zero-order chi connectivity index (χ0) is 5.98. The highest BCUT2D eigenvalue weighted by Gasteiger charge is 2.22. The van der Waals surface area contributed by atoms with Crippen molar-refractivity contribution in [2.24, 2.45) is 11.8 Å². The van der Waals surface area contributed by atoms with E-state index in [1.807, 2.05) is 5.01 Å². The predicted octanol–water partition coefficient (Wildman–Crippen LogP) is 0.592. The average molecular weight is 114 g/mol. The van der Waals surface area contributed by atoms with E-state index in [0.29, 0.717) is 0 Å². The molecular formula is C6H14N2. The lowest BCUT2D eigenvalue weighted by atomic mass is 10.4. The lowest BCUT2D eigenvalue weighted by molar-refractivity contribution is 0.286. The Morgan fingerprint density at radius 1 is 1.62 bits per heavy atom. The summed E-state index contributed by atoms with van der Waals surface area (Å²) in [6, 6.07) is 0. The third kappa shape index (κ3) is 1.80. The molecule has 8 heavy (non-hydrogen) atoms. The summed E-state index contributed by atoms with van der Waals surface area (Å²) < 4.78 is 0. The molecule has 0 aromatic rings. The maximum atomic E-state index is 5.55. The van der Waals surface area contributed by atoms with Gasteiger partial charge in [-0.15, -0.1) is 0 Å². The number of hydrogen-bond donors (Lipinski definition) is 1. The first kappa shape index (κ1) is 6.05. The summed E-state index contributed by atoms with van der Waals surface area (Å²) in [5, 5.41) is 1.89. The number of hydrogen-bond acceptors (Lipinski definition) is 2. The van der Waals surface area contributed by atoms with E-state index < -0.39 is 0 Å². The molecule has 0 bridgehead atoms. The highest BCUT2D eigenvalue weighted by molar-refractivity contribution is 4.74. The molecule has 0 aromatic carbocycles. The van der Waals surface area contributed by atoms with E-state index in [2.05, 4.69) is 6.92 Å². The van der Waals surface area contributed by atoms with Crippen LogP contribution < -0.4 is 5.84 Å². The van der Waals surface area contributed by atoms with Gasteiger partial charge < -0.3 is 0 Å². The van der Waals surface area contributed by atoms with Gasteiger partial charge in [0.05, 0.1) is 0 Å². The Morgan fingerprint density at radius 3 is 2.62 bits per heavy atom. The molecule has 1 saturated carbocycles. The Labute approximate surface area is 50.6 Å². The smallest absolute Gasteiger partial charge is 0.0156 e. The fourth-order valence-electron chi connectivity index (χ4n) is 0.761. The summed E-state index contributed by atoms with van der Waals surface area (Å²) in [7, 11) is 0. The summed E-state index contributed by atoms with van der Waals surface area (Å²) >= 11 is 0. The minimum absolute atomic E-state index is 0.931. The topological polar surface area (TPSA) is 29.3 Å². The molecule has 2 heteroatoms. The van der Waals surface area contributed by atoms with E-state index >= 15 is 0 Å². The van der Waals surface area contributed by atoms with Crippen molar-refractivity contribution in [2.45, 2.75) is 19.8 Å². The van der Waals surface area contributed by atoms with Crippen molar-refractivity contribution in [3.05, 3.63) is 0 Å². The highest BCUT2D eigenvalue weighted by Crippen LogP contribution is 2.28. The molecule has 1 rings (SSSR count). The first-order chi connectivity index (χ1) is 3.83. The van der Waals surface area contributed by atoms with E-state index in [0.717, 1.165) is 19.0 Å². The number of nitrogens with two attached hydrogens (primary N) is 1. The summed E-state index contributed by atoms with van der Waals surface area (Å²) in [5.74, 6) is 6.48. The van der Waals surface area contributed by atoms with Gasteiger partial charge in [-0.2, -0.15) is 0 Å². The molecular weight excluding hydrogens is 100 g/mol. The maximum absolute atomic E-state index is 5.55. The summed E-state index contributed by atoms with van der Waals surface area (Å²) in [4.78, 5) is 0. The van der Waals surface area contributed by atoms with Crippen molar-refractivity contribution >= 4 is 0 Å². The van der Waals surface area contributed by atoms with Crippen molar-refractivity contribution in [1.29, 1.82) is 0 Å². The Balaban J connectivity index is 1.98. The van der Waals surface area contributed by atoms with Gasteiger partial charge in [0.2, 0.25) is 0 Å². The fraction of sp³-hybridized carbons (Fsp3) is 1.00. The molecule has 1 aliphatic carbocycles. The van der Waals surface area contributed by atoms with Crippen molar-refractivity contribution in [3.63, 3.8) is 0 Å². The quantitative estimate of drug-likeness (QED) is 0.430. The lowest BCUT2D eigenvalue weighted by Crippen LogP contribution is -2.32. The normalized spacial score (nSPS) is 19.9. The standard InChI is InChI=1S/C6H14N2/c1-2-8(7)5-6-3-4-6/h6H,2-5,7H2,1H3. The number of rotatable bonds is 3. The highest BCUT2D eigenvalue weighted by atomic mass is 15.4. The van der Waals surface area contributed by atoms with Gasteiger partial charge in [0.15, 0.2) is 0 Å². The SMILES string of the molecule is CCN(N)CC1CC1. The lowest BCUT2D eigenvalue weighted by Gasteiger charge is -2.11. The van der Waals surface area contributed by atoms with Crippen molar-refractivity contribution < 1.29 is 0 Å². The molecule has 1 fully saturated rings. The van der Waals surface area contributed by atoms with Crippen molar-refractivity contribution in [3.8, 4) is 0 Å². The molecule has 0 unspecified atom stereocenters. The zero-order valence-electron chi connectivity index (χ0n) is 5.43. The Hall–Kier alpha value is -0.0800. The minimum Gasteiger partial charge on any atom is -0.269 e. The van der Waals surface area contributed by atoms with Crippen LogP contribution >= 0.6 is 0 Å². The van der Waals surface area contributed by atoms with Gasteiger partial charge in [0, 0.05) is 13.1 Å². The first-order valence-electron chi connectivity index (χ1n) is 3.32. The Morgan fingerprint density at radius 2 is 2.25 bits per heavy atom. The monoisotopic (exact) mass is 114 g/mol. The molecule has 0 atom stereocenters. The van der Waals surface area contributed by atoms with E-state index in [1.54, 1.807) is 0 Å². The molecule has 0 radical (unpaired) electrons. The second-order valence-corrected chi connectivity index (χ2v) is 2.53. The third-order valence-electron chi connectivity index (χ3n) is 1.60. The molecule has 0 aromatic heterocycles. The van der Waals surface area contributed by atoms with Crippen molar-refractivity contribution in [1.82, 2.24) is 5.01 Å². The molecule has 0 aliphatic heterocycles. The first-order valence-corrected chi connectivity index (χ1v) is 3.32. The van der Waals surface area contributed by atoms with Crippen LogP contribution in [0.3, 0.4) is 0 Å². The van der Waals surface area contributed by atoms with Gasteiger partial charge in [0.1, 0.15) is 0 Å². The molecule has 0 saturated heterocycles. The van der Waals surface area contributed by atoms with E-state index in [4.69, 9.17) is 5.84 Å². The zero-order valence-corrected chi connectivity index (χ0v) is 5.43. The van der Waals surface area contributed by atoms with Crippen LogP contribution in [0.1, 0.15) is 19.8 Å². The van der Waals surface area contributed by atoms with Gasteiger partial charge in [-0.25, -0.2) is 5.01 Å². The van der Waals surface area contributed by atoms with Crippen LogP contribution in [-0.2, 0) is 0 Å². The van der Waals surface area contributed by atoms with Crippen LogP contribution in [0, 0.1) is 5.92 Å². The van der Waals surface area contributed by atoms with E-state index in [1.165, 1.54) is 12.8 Å². The Bertz CT molecular complexity index is 68.9. The van der Waals surface area contributed by atoms with Gasteiger partial charge >= 0.3 is 0 Å². The predicted molar refractivity (Wildman–Crippen MR) is 34.2 cm³/mol. The van der Waals surface area contributed by atoms with Crippen molar-refractivity contribution in [2.75, 3.05) is 13.1 Å². The molecule has 1 aliphatic rings. The van der Waals surface area contributed by atoms with Crippen LogP contribution in [0.25, 0.3) is 0 Å². The summed E-state index contributed by atoms with van der Waals surface area (Å²) in [5.41, 5.74) is 0. The number of nitrogens with zero attached hydrogens (tertiary/aromatic N) is 1. The van der Waals surface area contributed by atoms with Gasteiger partial charge in [-0.1, -0.05) is 6.92 Å². The number of hydrazine groups is 1. The van der Waals surface area contributed by atoms with Crippen LogP contribution in [0.15, 0.2) is 0 Å². The largest absolute Gasteiger partial charge is 0.269 e. The van der Waals surface area contributed by atoms with E-state index in [9.17, 15) is 0 Å². The molecule has 2 nitrogen and oxygen atoms in total. The average Bonchev–Trinajstić information content (AvgIpc) is 2.50. The third-order valence-corrected chi connectivity index (χ3v) is 1.60. The van der Waals surface area contributed by atoms with Gasteiger partial charge in [0.25, 0.3) is 0 Å². The second-order valence-electron chi connectivity index (χ2n) is 2.53. The van der Waals surface area contributed by atoms with Crippen LogP contribution in [0.4, 0.5) is 0 Å². The minimum atomic E-state index is 0.931. The van der Waals surface area contributed by atoms with Crippen LogP contribution in [-0.4, -0.2) is 18.1 Å². The van der Waals surface area contributed by atoms with Crippen LogP contribution in [0.2, 0.25) is 0 Å². The fourth-order valence-corrected chi connectivity index (χ4v) is 0.761. The van der Waals surface area contributed by atoms with E-state index in [-0.39, 0.29) is 0 Å². The molecule has 48 valence electrons. The maximum Gasteiger partial charge on any atom is 0.0156 e. The molecule has 2 N–H and O–H groups in total. The second kappa shape index (κ2) is 2.46. The summed E-state index contributed by atoms with van der Waals surface area (Å²) in [6.45, 7) is 4.18. The molecule has 0 heterocycles. The molecule has 0 spiro atoms.